The van der Waals surface area contributed by atoms with E-state index < -0.39 is 5.79 Å². The van der Waals surface area contributed by atoms with Crippen molar-refractivity contribution in [1.82, 2.24) is 5.32 Å². The molecule has 0 amide bonds. The Morgan fingerprint density at radius 1 is 1.16 bits per heavy atom. The SMILES string of the molecule is COC1(OC)CN(c2ccc(CNC(C)C)cc2)C1. The van der Waals surface area contributed by atoms with Gasteiger partial charge in [0, 0.05) is 32.5 Å². The van der Waals surface area contributed by atoms with Crippen molar-refractivity contribution in [3.63, 3.8) is 0 Å². The molecule has 19 heavy (non-hydrogen) atoms. The molecule has 0 radical (unpaired) electrons. The van der Waals surface area contributed by atoms with E-state index in [1.54, 1.807) is 14.2 Å². The Morgan fingerprint density at radius 3 is 2.21 bits per heavy atom. The molecule has 0 spiro atoms. The Balaban J connectivity index is 1.90. The van der Waals surface area contributed by atoms with Crippen molar-refractivity contribution in [2.75, 3.05) is 32.2 Å². The standard InChI is InChI=1S/C15H24N2O2/c1-12(2)16-9-13-5-7-14(8-6-13)17-10-15(11-17,18-3)19-4/h5-8,12,16H,9-11H2,1-4H3. The number of hydrogen-bond acceptors (Lipinski definition) is 4. The molecule has 1 aromatic carbocycles. The molecule has 1 N–H and O–H groups in total. The average Bonchev–Trinajstić information content (AvgIpc) is 2.37. The van der Waals surface area contributed by atoms with Crippen LogP contribution in [0.4, 0.5) is 5.69 Å². The van der Waals surface area contributed by atoms with Gasteiger partial charge in [0.1, 0.15) is 0 Å². The fourth-order valence-electron chi connectivity index (χ4n) is 2.21. The number of anilines is 1. The van der Waals surface area contributed by atoms with Gasteiger partial charge in [-0.15, -0.1) is 0 Å². The minimum absolute atomic E-state index is 0.419. The van der Waals surface area contributed by atoms with E-state index in [-0.39, 0.29) is 0 Å². The predicted octanol–water partition coefficient (Wildman–Crippen LogP) is 1.99. The van der Waals surface area contributed by atoms with Gasteiger partial charge in [0.2, 0.25) is 5.79 Å². The lowest BCUT2D eigenvalue weighted by Gasteiger charge is -2.48. The van der Waals surface area contributed by atoms with Crippen molar-refractivity contribution < 1.29 is 9.47 Å². The minimum atomic E-state index is -0.419. The van der Waals surface area contributed by atoms with Crippen LogP contribution in [0.2, 0.25) is 0 Å². The highest BCUT2D eigenvalue weighted by molar-refractivity contribution is 5.51. The van der Waals surface area contributed by atoms with Crippen molar-refractivity contribution in [2.45, 2.75) is 32.2 Å². The highest BCUT2D eigenvalue weighted by atomic mass is 16.7. The van der Waals surface area contributed by atoms with Crippen LogP contribution in [-0.2, 0) is 16.0 Å². The van der Waals surface area contributed by atoms with Gasteiger partial charge >= 0.3 is 0 Å². The van der Waals surface area contributed by atoms with E-state index in [9.17, 15) is 0 Å². The highest BCUT2D eigenvalue weighted by Crippen LogP contribution is 2.30. The Hall–Kier alpha value is -1.10. The Labute approximate surface area is 115 Å². The topological polar surface area (TPSA) is 33.7 Å². The number of hydrogen-bond donors (Lipinski definition) is 1. The third-order valence-electron chi connectivity index (χ3n) is 3.62. The van der Waals surface area contributed by atoms with E-state index in [2.05, 4.69) is 48.3 Å². The number of benzene rings is 1. The summed E-state index contributed by atoms with van der Waals surface area (Å²) in [6.07, 6.45) is 0. The van der Waals surface area contributed by atoms with Crippen LogP contribution < -0.4 is 10.2 Å². The molecule has 1 aliphatic rings. The predicted molar refractivity (Wildman–Crippen MR) is 77.4 cm³/mol. The Kier molecular flexibility index (Phi) is 4.45. The second-order valence-corrected chi connectivity index (χ2v) is 5.38. The molecule has 0 saturated carbocycles. The lowest BCUT2D eigenvalue weighted by Crippen LogP contribution is -2.64. The van der Waals surface area contributed by atoms with Crippen molar-refractivity contribution in [3.05, 3.63) is 29.8 Å². The molecule has 1 aromatic rings. The number of nitrogens with one attached hydrogen (secondary N) is 1. The van der Waals surface area contributed by atoms with Gasteiger partial charge < -0.3 is 19.7 Å². The van der Waals surface area contributed by atoms with Crippen LogP contribution >= 0.6 is 0 Å². The molecule has 4 nitrogen and oxygen atoms in total. The van der Waals surface area contributed by atoms with Crippen LogP contribution in [0.3, 0.4) is 0 Å². The van der Waals surface area contributed by atoms with Crippen molar-refractivity contribution in [3.8, 4) is 0 Å². The third kappa shape index (κ3) is 3.26. The molecule has 0 bridgehead atoms. The zero-order valence-electron chi connectivity index (χ0n) is 12.3. The maximum absolute atomic E-state index is 5.39. The fourth-order valence-corrected chi connectivity index (χ4v) is 2.21. The van der Waals surface area contributed by atoms with Gasteiger partial charge in [-0.05, 0) is 17.7 Å². The molecular formula is C15H24N2O2. The van der Waals surface area contributed by atoms with Crippen molar-refractivity contribution >= 4 is 5.69 Å². The zero-order chi connectivity index (χ0) is 13.9. The molecule has 0 aromatic heterocycles. The summed E-state index contributed by atoms with van der Waals surface area (Å²) in [4.78, 5) is 2.26. The fraction of sp³-hybridized carbons (Fsp3) is 0.600. The van der Waals surface area contributed by atoms with E-state index in [0.717, 1.165) is 19.6 Å². The van der Waals surface area contributed by atoms with Crippen LogP contribution in [0.15, 0.2) is 24.3 Å². The van der Waals surface area contributed by atoms with E-state index in [1.807, 2.05) is 0 Å². The molecule has 2 rings (SSSR count). The van der Waals surface area contributed by atoms with E-state index in [0.29, 0.717) is 6.04 Å². The zero-order valence-corrected chi connectivity index (χ0v) is 12.3. The average molecular weight is 264 g/mol. The monoisotopic (exact) mass is 264 g/mol. The van der Waals surface area contributed by atoms with Gasteiger partial charge in [-0.25, -0.2) is 0 Å². The first-order valence-corrected chi connectivity index (χ1v) is 6.76. The number of nitrogens with zero attached hydrogens (tertiary/aromatic N) is 1. The summed E-state index contributed by atoms with van der Waals surface area (Å²) >= 11 is 0. The summed E-state index contributed by atoms with van der Waals surface area (Å²) in [6.45, 7) is 6.79. The van der Waals surface area contributed by atoms with Gasteiger partial charge in [-0.2, -0.15) is 0 Å². The lowest BCUT2D eigenvalue weighted by molar-refractivity contribution is -0.219. The van der Waals surface area contributed by atoms with Crippen LogP contribution in [0.25, 0.3) is 0 Å². The van der Waals surface area contributed by atoms with Gasteiger partial charge in [0.15, 0.2) is 0 Å². The first-order valence-electron chi connectivity index (χ1n) is 6.76. The summed E-state index contributed by atoms with van der Waals surface area (Å²) in [6, 6.07) is 9.17. The van der Waals surface area contributed by atoms with Gasteiger partial charge in [0.05, 0.1) is 13.1 Å². The molecule has 0 atom stereocenters. The molecule has 1 heterocycles. The van der Waals surface area contributed by atoms with E-state index in [4.69, 9.17) is 9.47 Å². The number of rotatable bonds is 6. The van der Waals surface area contributed by atoms with Crippen LogP contribution in [0, 0.1) is 0 Å². The number of ether oxygens (including phenoxy) is 2. The molecule has 0 unspecified atom stereocenters. The van der Waals surface area contributed by atoms with Crippen molar-refractivity contribution in [1.29, 1.82) is 0 Å². The second kappa shape index (κ2) is 5.90. The first kappa shape index (κ1) is 14.3. The second-order valence-electron chi connectivity index (χ2n) is 5.38. The summed E-state index contributed by atoms with van der Waals surface area (Å²) < 4.78 is 10.8. The largest absolute Gasteiger partial charge is 0.361 e. The third-order valence-corrected chi connectivity index (χ3v) is 3.62. The maximum atomic E-state index is 5.39. The van der Waals surface area contributed by atoms with Crippen molar-refractivity contribution in [2.24, 2.45) is 0 Å². The molecule has 4 heteroatoms. The summed E-state index contributed by atoms with van der Waals surface area (Å²) in [7, 11) is 3.39. The summed E-state index contributed by atoms with van der Waals surface area (Å²) in [5.41, 5.74) is 2.53. The maximum Gasteiger partial charge on any atom is 0.203 e. The quantitative estimate of drug-likeness (QED) is 0.797. The summed E-state index contributed by atoms with van der Waals surface area (Å²) in [5.74, 6) is -0.419. The van der Waals surface area contributed by atoms with E-state index in [1.165, 1.54) is 11.3 Å². The van der Waals surface area contributed by atoms with Gasteiger partial charge in [0.25, 0.3) is 0 Å². The molecule has 1 fully saturated rings. The summed E-state index contributed by atoms with van der Waals surface area (Å²) in [5, 5.41) is 3.42. The van der Waals surface area contributed by atoms with Gasteiger partial charge in [-0.3, -0.25) is 0 Å². The van der Waals surface area contributed by atoms with Gasteiger partial charge in [-0.1, -0.05) is 26.0 Å². The molecule has 106 valence electrons. The van der Waals surface area contributed by atoms with E-state index >= 15 is 0 Å². The Bertz CT molecular complexity index is 391. The lowest BCUT2D eigenvalue weighted by atomic mass is 10.1. The first-order chi connectivity index (χ1) is 9.08. The van der Waals surface area contributed by atoms with Crippen LogP contribution in [-0.4, -0.2) is 39.1 Å². The number of methoxy groups -OCH3 is 2. The Morgan fingerprint density at radius 2 is 1.74 bits per heavy atom. The van der Waals surface area contributed by atoms with Crippen LogP contribution in [0.1, 0.15) is 19.4 Å². The van der Waals surface area contributed by atoms with Crippen LogP contribution in [0.5, 0.6) is 0 Å². The molecule has 1 aliphatic heterocycles. The normalized spacial score (nSPS) is 17.6. The minimum Gasteiger partial charge on any atom is -0.361 e. The molecule has 0 aliphatic carbocycles. The smallest absolute Gasteiger partial charge is 0.203 e. The highest BCUT2D eigenvalue weighted by Gasteiger charge is 2.43. The molecule has 1 saturated heterocycles. The molecular weight excluding hydrogens is 240 g/mol.